The quantitative estimate of drug-likeness (QED) is 0.657. The predicted octanol–water partition coefficient (Wildman–Crippen LogP) is 5.14. The summed E-state index contributed by atoms with van der Waals surface area (Å²) in [6, 6.07) is 1.92. The van der Waals surface area contributed by atoms with E-state index in [1.165, 1.54) is 71.5 Å². The molecule has 5 heteroatoms. The SMILES string of the molecule is CC.CC.CC(C)C.CN1CCC(CN2CCN(C3(c4ncccn4)CC3)CC2)CC1. The highest BCUT2D eigenvalue weighted by Crippen LogP contribution is 2.49. The van der Waals surface area contributed by atoms with Gasteiger partial charge in [-0.05, 0) is 63.7 Å². The molecule has 1 aliphatic carbocycles. The number of piperidine rings is 1. The molecule has 0 atom stereocenters. The van der Waals surface area contributed by atoms with E-state index < -0.39 is 0 Å². The van der Waals surface area contributed by atoms with E-state index in [2.05, 4.69) is 52.5 Å². The lowest BCUT2D eigenvalue weighted by atomic mass is 9.96. The van der Waals surface area contributed by atoms with Crippen molar-refractivity contribution in [2.24, 2.45) is 11.8 Å². The van der Waals surface area contributed by atoms with Gasteiger partial charge in [-0.3, -0.25) is 4.90 Å². The minimum Gasteiger partial charge on any atom is -0.306 e. The molecule has 0 spiro atoms. The molecule has 0 bridgehead atoms. The molecule has 1 aromatic rings. The Labute approximate surface area is 193 Å². The molecule has 31 heavy (non-hydrogen) atoms. The summed E-state index contributed by atoms with van der Waals surface area (Å²) in [5, 5.41) is 0. The van der Waals surface area contributed by atoms with Crippen molar-refractivity contribution in [3.8, 4) is 0 Å². The maximum absolute atomic E-state index is 4.54. The van der Waals surface area contributed by atoms with Gasteiger partial charge in [0, 0.05) is 45.1 Å². The van der Waals surface area contributed by atoms with E-state index in [-0.39, 0.29) is 5.54 Å². The van der Waals surface area contributed by atoms with Crippen LogP contribution >= 0.6 is 0 Å². The monoisotopic (exact) mass is 433 g/mol. The van der Waals surface area contributed by atoms with Gasteiger partial charge in [0.15, 0.2) is 0 Å². The second-order valence-corrected chi connectivity index (χ2v) is 9.37. The Kier molecular flexibility index (Phi) is 13.5. The molecule has 3 aliphatic rings. The van der Waals surface area contributed by atoms with Crippen molar-refractivity contribution in [2.75, 3.05) is 52.9 Å². The van der Waals surface area contributed by atoms with Crippen molar-refractivity contribution in [3.05, 3.63) is 24.3 Å². The summed E-state index contributed by atoms with van der Waals surface area (Å²) < 4.78 is 0. The molecule has 3 heterocycles. The summed E-state index contributed by atoms with van der Waals surface area (Å²) in [7, 11) is 2.25. The van der Waals surface area contributed by atoms with E-state index in [0.29, 0.717) is 0 Å². The Balaban J connectivity index is 0.000000532. The van der Waals surface area contributed by atoms with E-state index in [1.54, 1.807) is 0 Å². The first-order valence-electron chi connectivity index (χ1n) is 12.9. The minimum atomic E-state index is 0.168. The van der Waals surface area contributed by atoms with Crippen LogP contribution in [0.3, 0.4) is 0 Å². The van der Waals surface area contributed by atoms with Crippen LogP contribution in [0.2, 0.25) is 0 Å². The second-order valence-electron chi connectivity index (χ2n) is 9.37. The Bertz CT molecular complexity index is 539. The van der Waals surface area contributed by atoms with Gasteiger partial charge >= 0.3 is 0 Å². The normalized spacial score (nSPS) is 21.7. The van der Waals surface area contributed by atoms with E-state index in [0.717, 1.165) is 17.7 Å². The average Bonchev–Trinajstić information content (AvgIpc) is 3.61. The average molecular weight is 434 g/mol. The number of hydrogen-bond donors (Lipinski definition) is 0. The molecular weight excluding hydrogens is 382 g/mol. The number of hydrogen-bond acceptors (Lipinski definition) is 5. The highest BCUT2D eigenvalue weighted by molar-refractivity contribution is 5.17. The lowest BCUT2D eigenvalue weighted by Gasteiger charge is -2.41. The molecule has 0 amide bonds. The van der Waals surface area contributed by atoms with Gasteiger partial charge < -0.3 is 9.80 Å². The maximum Gasteiger partial charge on any atom is 0.148 e. The van der Waals surface area contributed by atoms with Crippen LogP contribution < -0.4 is 0 Å². The zero-order chi connectivity index (χ0) is 23.3. The summed E-state index contributed by atoms with van der Waals surface area (Å²) in [6.07, 6.45) is 8.98. The largest absolute Gasteiger partial charge is 0.306 e. The molecule has 2 saturated heterocycles. The summed E-state index contributed by atoms with van der Waals surface area (Å²) >= 11 is 0. The molecule has 4 rings (SSSR count). The third kappa shape index (κ3) is 9.15. The van der Waals surface area contributed by atoms with E-state index in [9.17, 15) is 0 Å². The molecule has 0 unspecified atom stereocenters. The standard InChI is InChI=1S/C18H29N5.C4H10.2C2H6/c1-21-9-3-16(4-10-21)15-22-11-13-23(14-12-22)18(5-6-18)17-19-7-2-8-20-17;1-4(2)3;2*1-2/h2,7-8,16H,3-6,9-15H2,1H3;4H,1-3H3;2*1-2H3. The fourth-order valence-corrected chi connectivity index (χ4v) is 4.31. The lowest BCUT2D eigenvalue weighted by molar-refractivity contribution is 0.0629. The van der Waals surface area contributed by atoms with Crippen molar-refractivity contribution in [3.63, 3.8) is 0 Å². The summed E-state index contributed by atoms with van der Waals surface area (Å²) in [5.41, 5.74) is 0.168. The van der Waals surface area contributed by atoms with Crippen molar-refractivity contribution in [1.29, 1.82) is 0 Å². The Morgan fingerprint density at radius 1 is 0.871 bits per heavy atom. The number of rotatable bonds is 4. The molecule has 0 radical (unpaired) electrons. The molecule has 5 nitrogen and oxygen atoms in total. The smallest absolute Gasteiger partial charge is 0.148 e. The van der Waals surface area contributed by atoms with Crippen molar-refractivity contribution in [2.45, 2.75) is 79.7 Å². The molecule has 2 aliphatic heterocycles. The Morgan fingerprint density at radius 2 is 1.35 bits per heavy atom. The summed E-state index contributed by atoms with van der Waals surface area (Å²) in [4.78, 5) is 16.9. The first kappa shape index (κ1) is 28.0. The molecule has 0 aromatic carbocycles. The van der Waals surface area contributed by atoms with Crippen LogP contribution in [0.1, 0.15) is 80.0 Å². The molecule has 1 saturated carbocycles. The second kappa shape index (κ2) is 14.9. The molecule has 1 aromatic heterocycles. The van der Waals surface area contributed by atoms with Gasteiger partial charge in [0.05, 0.1) is 5.54 Å². The zero-order valence-corrected chi connectivity index (χ0v) is 21.9. The number of piperazine rings is 1. The van der Waals surface area contributed by atoms with Gasteiger partial charge in [0.25, 0.3) is 0 Å². The predicted molar refractivity (Wildman–Crippen MR) is 134 cm³/mol. The van der Waals surface area contributed by atoms with Gasteiger partial charge in [-0.15, -0.1) is 0 Å². The fourth-order valence-electron chi connectivity index (χ4n) is 4.31. The highest BCUT2D eigenvalue weighted by Gasteiger charge is 2.52. The number of likely N-dealkylation sites (tertiary alicyclic amines) is 1. The summed E-state index contributed by atoms with van der Waals surface area (Å²) in [5.74, 6) is 2.79. The van der Waals surface area contributed by atoms with Crippen LogP contribution in [0.25, 0.3) is 0 Å². The topological polar surface area (TPSA) is 35.5 Å². The van der Waals surface area contributed by atoms with Crippen LogP contribution in [0.4, 0.5) is 0 Å². The molecular formula is C26H51N5. The van der Waals surface area contributed by atoms with Crippen LogP contribution in [-0.2, 0) is 5.54 Å². The Morgan fingerprint density at radius 3 is 1.81 bits per heavy atom. The third-order valence-corrected chi connectivity index (χ3v) is 6.04. The van der Waals surface area contributed by atoms with Crippen LogP contribution in [0.5, 0.6) is 0 Å². The molecule has 180 valence electrons. The molecule has 0 N–H and O–H groups in total. The van der Waals surface area contributed by atoms with Gasteiger partial charge in [-0.25, -0.2) is 9.97 Å². The van der Waals surface area contributed by atoms with Gasteiger partial charge in [0.1, 0.15) is 5.82 Å². The van der Waals surface area contributed by atoms with Crippen molar-refractivity contribution >= 4 is 0 Å². The maximum atomic E-state index is 4.54. The number of nitrogens with zero attached hydrogens (tertiary/aromatic N) is 5. The lowest BCUT2D eigenvalue weighted by Crippen LogP contribution is -2.52. The molecule has 3 fully saturated rings. The van der Waals surface area contributed by atoms with Crippen molar-refractivity contribution in [1.82, 2.24) is 24.7 Å². The zero-order valence-electron chi connectivity index (χ0n) is 21.9. The highest BCUT2D eigenvalue weighted by atomic mass is 15.3. The van der Waals surface area contributed by atoms with Crippen LogP contribution in [0.15, 0.2) is 18.5 Å². The fraction of sp³-hybridized carbons (Fsp3) is 0.846. The van der Waals surface area contributed by atoms with Gasteiger partial charge in [-0.2, -0.15) is 0 Å². The first-order valence-corrected chi connectivity index (χ1v) is 12.9. The van der Waals surface area contributed by atoms with Crippen molar-refractivity contribution < 1.29 is 0 Å². The first-order chi connectivity index (χ1) is 15.0. The summed E-state index contributed by atoms with van der Waals surface area (Å²) in [6.45, 7) is 23.1. The van der Waals surface area contributed by atoms with Crippen LogP contribution in [0, 0.1) is 11.8 Å². The van der Waals surface area contributed by atoms with E-state index in [1.807, 2.05) is 46.2 Å². The Hall–Kier alpha value is -1.04. The minimum absolute atomic E-state index is 0.168. The van der Waals surface area contributed by atoms with Gasteiger partial charge in [0.2, 0.25) is 0 Å². The van der Waals surface area contributed by atoms with Crippen LogP contribution in [-0.4, -0.2) is 77.5 Å². The third-order valence-electron chi connectivity index (χ3n) is 6.04. The number of aromatic nitrogens is 2. The van der Waals surface area contributed by atoms with E-state index in [4.69, 9.17) is 0 Å². The van der Waals surface area contributed by atoms with E-state index >= 15 is 0 Å². The van der Waals surface area contributed by atoms with Gasteiger partial charge in [-0.1, -0.05) is 48.5 Å².